The van der Waals surface area contributed by atoms with Crippen LogP contribution >= 0.6 is 0 Å². The highest BCUT2D eigenvalue weighted by atomic mass is 16.3. The van der Waals surface area contributed by atoms with E-state index < -0.39 is 0 Å². The molecule has 1 aliphatic rings. The average Bonchev–Trinajstić information content (AvgIpc) is 3.28. The summed E-state index contributed by atoms with van der Waals surface area (Å²) in [5.74, 6) is 1.64. The van der Waals surface area contributed by atoms with Crippen LogP contribution in [0.5, 0.6) is 0 Å². The van der Waals surface area contributed by atoms with Gasteiger partial charge in [-0.15, -0.1) is 0 Å². The summed E-state index contributed by atoms with van der Waals surface area (Å²) >= 11 is 0. The van der Waals surface area contributed by atoms with Gasteiger partial charge in [0, 0.05) is 37.1 Å². The van der Waals surface area contributed by atoms with E-state index in [0.29, 0.717) is 18.5 Å². The molecule has 3 aromatic heterocycles. The summed E-state index contributed by atoms with van der Waals surface area (Å²) in [6, 6.07) is 6.12. The Balaban J connectivity index is 1.53. The van der Waals surface area contributed by atoms with E-state index in [-0.39, 0.29) is 0 Å². The van der Waals surface area contributed by atoms with Gasteiger partial charge in [-0.1, -0.05) is 0 Å². The molecule has 0 aliphatic carbocycles. The summed E-state index contributed by atoms with van der Waals surface area (Å²) in [7, 11) is 0. The van der Waals surface area contributed by atoms with Crippen LogP contribution in [-0.4, -0.2) is 31.2 Å². The summed E-state index contributed by atoms with van der Waals surface area (Å²) in [5.41, 5.74) is 3.76. The molecule has 0 spiro atoms. The van der Waals surface area contributed by atoms with E-state index in [0.717, 1.165) is 37.5 Å². The number of nitrogens with one attached hydrogen (secondary N) is 1. The topological polar surface area (TPSA) is 72.0 Å². The number of hydrogen-bond donors (Lipinski definition) is 1. The van der Waals surface area contributed by atoms with Crippen molar-refractivity contribution in [2.45, 2.75) is 45.9 Å². The molecule has 1 aliphatic heterocycles. The normalized spacial score (nSPS) is 14.6. The predicted molar refractivity (Wildman–Crippen MR) is 98.5 cm³/mol. The second-order valence-corrected chi connectivity index (χ2v) is 6.88. The van der Waals surface area contributed by atoms with E-state index >= 15 is 0 Å². The molecule has 0 fully saturated rings. The molecule has 26 heavy (non-hydrogen) atoms. The molecule has 136 valence electrons. The number of hydrogen-bond acceptors (Lipinski definition) is 6. The Bertz CT molecular complexity index is 841. The maximum absolute atomic E-state index is 5.51. The molecule has 1 N–H and O–H groups in total. The fourth-order valence-corrected chi connectivity index (χ4v) is 3.45. The predicted octanol–water partition coefficient (Wildman–Crippen LogP) is 3.02. The van der Waals surface area contributed by atoms with Crippen LogP contribution in [0.25, 0.3) is 0 Å². The Morgan fingerprint density at radius 2 is 2.08 bits per heavy atom. The maximum atomic E-state index is 5.51. The van der Waals surface area contributed by atoms with Crippen LogP contribution in [0.4, 0.5) is 5.95 Å². The van der Waals surface area contributed by atoms with Crippen LogP contribution in [0, 0.1) is 0 Å². The van der Waals surface area contributed by atoms with Gasteiger partial charge in [-0.2, -0.15) is 5.10 Å². The SMILES string of the molecule is CC(C)n1nc(CNc2ncccn2)c2c1CN(Cc1ccco1)CC2. The number of aromatic nitrogens is 4. The van der Waals surface area contributed by atoms with E-state index in [1.807, 2.05) is 18.2 Å². The fourth-order valence-electron chi connectivity index (χ4n) is 3.45. The molecule has 4 rings (SSSR count). The largest absolute Gasteiger partial charge is 0.468 e. The summed E-state index contributed by atoms with van der Waals surface area (Å²) < 4.78 is 7.67. The van der Waals surface area contributed by atoms with Crippen LogP contribution in [-0.2, 0) is 26.1 Å². The molecule has 0 saturated heterocycles. The fraction of sp³-hybridized carbons (Fsp3) is 0.421. The van der Waals surface area contributed by atoms with Crippen molar-refractivity contribution in [1.29, 1.82) is 0 Å². The molecule has 0 saturated carbocycles. The average molecular weight is 352 g/mol. The molecule has 3 aromatic rings. The maximum Gasteiger partial charge on any atom is 0.222 e. The Hall–Kier alpha value is -2.67. The molecule has 7 heteroatoms. The van der Waals surface area contributed by atoms with Crippen molar-refractivity contribution in [3.05, 3.63) is 59.6 Å². The van der Waals surface area contributed by atoms with Crippen molar-refractivity contribution in [3.63, 3.8) is 0 Å². The first-order chi connectivity index (χ1) is 12.7. The van der Waals surface area contributed by atoms with Gasteiger partial charge in [-0.3, -0.25) is 9.58 Å². The molecule has 0 atom stereocenters. The van der Waals surface area contributed by atoms with Gasteiger partial charge in [0.2, 0.25) is 5.95 Å². The molecule has 4 heterocycles. The highest BCUT2D eigenvalue weighted by Crippen LogP contribution is 2.26. The standard InChI is InChI=1S/C19H24N6O/c1-14(2)25-18-13-24(12-15-5-3-10-26-15)9-6-16(18)17(23-25)11-22-19-20-7-4-8-21-19/h3-5,7-8,10,14H,6,9,11-13H2,1-2H3,(H,20,21,22). The number of fused-ring (bicyclic) bond motifs is 1. The van der Waals surface area contributed by atoms with Gasteiger partial charge in [-0.05, 0) is 38.5 Å². The van der Waals surface area contributed by atoms with E-state index in [4.69, 9.17) is 9.52 Å². The summed E-state index contributed by atoms with van der Waals surface area (Å²) in [6.07, 6.45) is 6.21. The van der Waals surface area contributed by atoms with Crippen LogP contribution in [0.1, 0.15) is 42.6 Å². The minimum absolute atomic E-state index is 0.328. The van der Waals surface area contributed by atoms with Gasteiger partial charge in [0.15, 0.2) is 0 Å². The first-order valence-electron chi connectivity index (χ1n) is 9.05. The van der Waals surface area contributed by atoms with E-state index in [1.54, 1.807) is 18.7 Å². The van der Waals surface area contributed by atoms with Crippen LogP contribution in [0.2, 0.25) is 0 Å². The third-order valence-electron chi connectivity index (χ3n) is 4.68. The summed E-state index contributed by atoms with van der Waals surface area (Å²) in [4.78, 5) is 10.9. The lowest BCUT2D eigenvalue weighted by molar-refractivity contribution is 0.216. The van der Waals surface area contributed by atoms with Crippen LogP contribution in [0.15, 0.2) is 41.3 Å². The van der Waals surface area contributed by atoms with Gasteiger partial charge >= 0.3 is 0 Å². The van der Waals surface area contributed by atoms with Gasteiger partial charge in [-0.25, -0.2) is 9.97 Å². The van der Waals surface area contributed by atoms with Crippen molar-refractivity contribution < 1.29 is 4.42 Å². The lowest BCUT2D eigenvalue weighted by atomic mass is 10.0. The van der Waals surface area contributed by atoms with Crippen LogP contribution in [0.3, 0.4) is 0 Å². The lowest BCUT2D eigenvalue weighted by Crippen LogP contribution is -2.31. The monoisotopic (exact) mass is 352 g/mol. The van der Waals surface area contributed by atoms with E-state index in [1.165, 1.54) is 11.3 Å². The molecule has 0 aromatic carbocycles. The quantitative estimate of drug-likeness (QED) is 0.735. The minimum atomic E-state index is 0.328. The summed E-state index contributed by atoms with van der Waals surface area (Å²) in [6.45, 7) is 7.73. The van der Waals surface area contributed by atoms with E-state index in [9.17, 15) is 0 Å². The van der Waals surface area contributed by atoms with E-state index in [2.05, 4.69) is 38.7 Å². The number of anilines is 1. The molecular formula is C19H24N6O. The zero-order valence-corrected chi connectivity index (χ0v) is 15.2. The molecule has 0 amide bonds. The van der Waals surface area contributed by atoms with Gasteiger partial charge in [0.25, 0.3) is 0 Å². The third kappa shape index (κ3) is 3.48. The zero-order valence-electron chi connectivity index (χ0n) is 15.2. The van der Waals surface area contributed by atoms with Crippen molar-refractivity contribution in [1.82, 2.24) is 24.6 Å². The molecule has 0 radical (unpaired) electrons. The zero-order chi connectivity index (χ0) is 17.9. The van der Waals surface area contributed by atoms with Crippen molar-refractivity contribution in [2.24, 2.45) is 0 Å². The number of rotatable bonds is 6. The molecular weight excluding hydrogens is 328 g/mol. The highest BCUT2D eigenvalue weighted by molar-refractivity contribution is 5.33. The first-order valence-corrected chi connectivity index (χ1v) is 9.05. The second kappa shape index (κ2) is 7.29. The highest BCUT2D eigenvalue weighted by Gasteiger charge is 2.26. The lowest BCUT2D eigenvalue weighted by Gasteiger charge is -2.27. The van der Waals surface area contributed by atoms with Crippen molar-refractivity contribution in [2.75, 3.05) is 11.9 Å². The van der Waals surface area contributed by atoms with Gasteiger partial charge in [0.05, 0.1) is 30.7 Å². The molecule has 0 bridgehead atoms. The Morgan fingerprint density at radius 1 is 1.23 bits per heavy atom. The van der Waals surface area contributed by atoms with Crippen LogP contribution < -0.4 is 5.32 Å². The number of nitrogens with zero attached hydrogens (tertiary/aromatic N) is 5. The van der Waals surface area contributed by atoms with Crippen molar-refractivity contribution >= 4 is 5.95 Å². The Labute approximate surface area is 153 Å². The molecule has 0 unspecified atom stereocenters. The minimum Gasteiger partial charge on any atom is -0.468 e. The van der Waals surface area contributed by atoms with Gasteiger partial charge in [0.1, 0.15) is 5.76 Å². The Morgan fingerprint density at radius 3 is 2.81 bits per heavy atom. The summed E-state index contributed by atoms with van der Waals surface area (Å²) in [5, 5.41) is 8.17. The second-order valence-electron chi connectivity index (χ2n) is 6.88. The smallest absolute Gasteiger partial charge is 0.222 e. The molecule has 7 nitrogen and oxygen atoms in total. The third-order valence-corrected chi connectivity index (χ3v) is 4.68. The first kappa shape index (κ1) is 16.8. The number of furan rings is 1. The van der Waals surface area contributed by atoms with Crippen molar-refractivity contribution in [3.8, 4) is 0 Å². The van der Waals surface area contributed by atoms with Gasteiger partial charge < -0.3 is 9.73 Å². The Kier molecular flexibility index (Phi) is 4.71.